The van der Waals surface area contributed by atoms with Gasteiger partial charge in [-0.25, -0.2) is 4.79 Å². The smallest absolute Gasteiger partial charge is 0.374 e. The number of carbonyl (C=O) groups is 2. The van der Waals surface area contributed by atoms with Crippen LogP contribution in [0, 0.1) is 0 Å². The minimum Gasteiger partial charge on any atom is -0.475 e. The third-order valence-electron chi connectivity index (χ3n) is 2.50. The van der Waals surface area contributed by atoms with Crippen molar-refractivity contribution in [2.45, 2.75) is 6.42 Å². The monoisotopic (exact) mass is 260 g/mol. The summed E-state index contributed by atoms with van der Waals surface area (Å²) in [5.41, 5.74) is 1.07. The average Bonchev–Trinajstić information content (AvgIpc) is 2.89. The summed E-state index contributed by atoms with van der Waals surface area (Å²) in [5, 5.41) is 14.7. The van der Waals surface area contributed by atoms with Gasteiger partial charge in [-0.05, 0) is 12.0 Å². The molecule has 0 radical (unpaired) electrons. The molecule has 0 saturated carbocycles. The van der Waals surface area contributed by atoms with Gasteiger partial charge in [0, 0.05) is 12.6 Å². The van der Waals surface area contributed by atoms with E-state index in [1.807, 2.05) is 30.3 Å². The van der Waals surface area contributed by atoms with Crippen LogP contribution in [0.5, 0.6) is 0 Å². The summed E-state index contributed by atoms with van der Waals surface area (Å²) >= 11 is 0. The van der Waals surface area contributed by atoms with Gasteiger partial charge in [0.05, 0.1) is 0 Å². The van der Waals surface area contributed by atoms with Gasteiger partial charge in [-0.2, -0.15) is 0 Å². The number of carboxylic acids is 1. The number of aromatic carboxylic acids is 1. The molecule has 0 unspecified atom stereocenters. The standard InChI is InChI=1S/C13H12N2O4/c16-12(10-8-11(13(17)18)19-15-10)14-7-6-9-4-2-1-3-5-9/h1-5,8H,6-7H2,(H,14,16)(H,17,18). The van der Waals surface area contributed by atoms with Crippen LogP contribution < -0.4 is 5.32 Å². The summed E-state index contributed by atoms with van der Waals surface area (Å²) in [4.78, 5) is 22.2. The van der Waals surface area contributed by atoms with E-state index in [2.05, 4.69) is 15.0 Å². The Labute approximate surface area is 109 Å². The van der Waals surface area contributed by atoms with Crippen LogP contribution in [0.15, 0.2) is 40.9 Å². The molecule has 0 aliphatic rings. The highest BCUT2D eigenvalue weighted by atomic mass is 16.5. The van der Waals surface area contributed by atoms with Crippen molar-refractivity contribution < 1.29 is 19.2 Å². The molecule has 19 heavy (non-hydrogen) atoms. The Morgan fingerprint density at radius 1 is 1.26 bits per heavy atom. The molecule has 98 valence electrons. The molecule has 0 saturated heterocycles. The Balaban J connectivity index is 1.85. The number of hydrogen-bond donors (Lipinski definition) is 2. The van der Waals surface area contributed by atoms with Crippen molar-refractivity contribution in [2.24, 2.45) is 0 Å². The molecule has 2 N–H and O–H groups in total. The summed E-state index contributed by atoms with van der Waals surface area (Å²) < 4.78 is 4.50. The lowest BCUT2D eigenvalue weighted by molar-refractivity contribution is 0.0651. The average molecular weight is 260 g/mol. The maximum atomic E-state index is 11.6. The van der Waals surface area contributed by atoms with Crippen LogP contribution in [0.4, 0.5) is 0 Å². The molecule has 1 amide bonds. The van der Waals surface area contributed by atoms with E-state index < -0.39 is 11.9 Å². The molecule has 1 aromatic carbocycles. The molecule has 1 aromatic heterocycles. The third kappa shape index (κ3) is 3.41. The van der Waals surface area contributed by atoms with E-state index in [0.29, 0.717) is 13.0 Å². The van der Waals surface area contributed by atoms with Crippen LogP contribution in [-0.2, 0) is 6.42 Å². The second-order valence-electron chi connectivity index (χ2n) is 3.87. The van der Waals surface area contributed by atoms with Crippen LogP contribution in [0.25, 0.3) is 0 Å². The summed E-state index contributed by atoms with van der Waals surface area (Å²) in [7, 11) is 0. The molecule has 0 spiro atoms. The van der Waals surface area contributed by atoms with E-state index in [1.54, 1.807) is 0 Å². The second-order valence-corrected chi connectivity index (χ2v) is 3.87. The fraction of sp³-hybridized carbons (Fsp3) is 0.154. The zero-order chi connectivity index (χ0) is 13.7. The van der Waals surface area contributed by atoms with Gasteiger partial charge in [0.1, 0.15) is 0 Å². The Morgan fingerprint density at radius 3 is 2.63 bits per heavy atom. The highest BCUT2D eigenvalue weighted by Crippen LogP contribution is 2.03. The molecule has 0 aliphatic carbocycles. The summed E-state index contributed by atoms with van der Waals surface area (Å²) in [6.45, 7) is 0.443. The predicted octanol–water partition coefficient (Wildman–Crippen LogP) is 1.35. The lowest BCUT2D eigenvalue weighted by Crippen LogP contribution is -2.25. The lowest BCUT2D eigenvalue weighted by Gasteiger charge is -2.02. The van der Waals surface area contributed by atoms with Crippen LogP contribution in [0.2, 0.25) is 0 Å². The summed E-state index contributed by atoms with van der Waals surface area (Å²) in [6.07, 6.45) is 0.691. The second kappa shape index (κ2) is 5.81. The van der Waals surface area contributed by atoms with Gasteiger partial charge in [0.2, 0.25) is 5.76 Å². The zero-order valence-electron chi connectivity index (χ0n) is 10.00. The van der Waals surface area contributed by atoms with Crippen molar-refractivity contribution in [3.05, 3.63) is 53.4 Å². The highest BCUT2D eigenvalue weighted by molar-refractivity contribution is 5.94. The molecule has 6 nitrogen and oxygen atoms in total. The maximum absolute atomic E-state index is 11.6. The van der Waals surface area contributed by atoms with Crippen LogP contribution >= 0.6 is 0 Å². The number of aromatic nitrogens is 1. The number of hydrogen-bond acceptors (Lipinski definition) is 4. The van der Waals surface area contributed by atoms with Crippen molar-refractivity contribution >= 4 is 11.9 Å². The molecule has 6 heteroatoms. The largest absolute Gasteiger partial charge is 0.475 e. The van der Waals surface area contributed by atoms with Gasteiger partial charge in [-0.3, -0.25) is 4.79 Å². The molecular weight excluding hydrogens is 248 g/mol. The third-order valence-corrected chi connectivity index (χ3v) is 2.50. The van der Waals surface area contributed by atoms with Gasteiger partial charge in [0.25, 0.3) is 5.91 Å². The van der Waals surface area contributed by atoms with Gasteiger partial charge in [-0.1, -0.05) is 35.5 Å². The first-order chi connectivity index (χ1) is 9.16. The minimum absolute atomic E-state index is 0.0366. The molecular formula is C13H12N2O4. The zero-order valence-corrected chi connectivity index (χ0v) is 10.00. The first-order valence-electron chi connectivity index (χ1n) is 5.69. The van der Waals surface area contributed by atoms with E-state index in [9.17, 15) is 9.59 Å². The maximum Gasteiger partial charge on any atom is 0.374 e. The normalized spacial score (nSPS) is 10.1. The fourth-order valence-corrected chi connectivity index (χ4v) is 1.54. The first kappa shape index (κ1) is 12.8. The molecule has 2 rings (SSSR count). The Morgan fingerprint density at radius 2 is 2.00 bits per heavy atom. The van der Waals surface area contributed by atoms with Gasteiger partial charge in [-0.15, -0.1) is 0 Å². The molecule has 1 heterocycles. The molecule has 0 atom stereocenters. The van der Waals surface area contributed by atoms with Crippen molar-refractivity contribution in [3.8, 4) is 0 Å². The molecule has 0 aliphatic heterocycles. The SMILES string of the molecule is O=C(NCCc1ccccc1)c1cc(C(=O)O)on1. The first-order valence-corrected chi connectivity index (χ1v) is 5.69. The number of nitrogens with one attached hydrogen (secondary N) is 1. The summed E-state index contributed by atoms with van der Waals surface area (Å²) in [5.74, 6) is -2.06. The van der Waals surface area contributed by atoms with Gasteiger partial charge < -0.3 is 14.9 Å². The van der Waals surface area contributed by atoms with Crippen molar-refractivity contribution in [2.75, 3.05) is 6.54 Å². The van der Waals surface area contributed by atoms with E-state index in [4.69, 9.17) is 5.11 Å². The van der Waals surface area contributed by atoms with E-state index in [-0.39, 0.29) is 11.5 Å². The van der Waals surface area contributed by atoms with Crippen LogP contribution in [-0.4, -0.2) is 28.7 Å². The fourth-order valence-electron chi connectivity index (χ4n) is 1.54. The number of nitrogens with zero attached hydrogens (tertiary/aromatic N) is 1. The van der Waals surface area contributed by atoms with Gasteiger partial charge >= 0.3 is 5.97 Å². The Kier molecular flexibility index (Phi) is 3.92. The van der Waals surface area contributed by atoms with E-state index >= 15 is 0 Å². The van der Waals surface area contributed by atoms with E-state index in [0.717, 1.165) is 11.6 Å². The highest BCUT2D eigenvalue weighted by Gasteiger charge is 2.15. The van der Waals surface area contributed by atoms with Crippen molar-refractivity contribution in [1.29, 1.82) is 0 Å². The molecule has 0 bridgehead atoms. The Bertz CT molecular complexity index is 577. The predicted molar refractivity (Wildman–Crippen MR) is 65.9 cm³/mol. The minimum atomic E-state index is -1.25. The quantitative estimate of drug-likeness (QED) is 0.846. The van der Waals surface area contributed by atoms with Gasteiger partial charge in [0.15, 0.2) is 5.69 Å². The number of carboxylic acid groups (broad SMARTS) is 1. The number of amides is 1. The van der Waals surface area contributed by atoms with Crippen molar-refractivity contribution in [1.82, 2.24) is 10.5 Å². The number of benzene rings is 1. The molecule has 0 fully saturated rings. The summed E-state index contributed by atoms with van der Waals surface area (Å²) in [6, 6.07) is 10.8. The van der Waals surface area contributed by atoms with Crippen LogP contribution in [0.3, 0.4) is 0 Å². The van der Waals surface area contributed by atoms with E-state index in [1.165, 1.54) is 0 Å². The number of rotatable bonds is 5. The molecule has 2 aromatic rings. The number of carbonyl (C=O) groups excluding carboxylic acids is 1. The van der Waals surface area contributed by atoms with Crippen molar-refractivity contribution in [3.63, 3.8) is 0 Å². The van der Waals surface area contributed by atoms with Crippen LogP contribution in [0.1, 0.15) is 26.6 Å². The topological polar surface area (TPSA) is 92.4 Å². The lowest BCUT2D eigenvalue weighted by atomic mass is 10.1. The Hall–Kier alpha value is -2.63.